The van der Waals surface area contributed by atoms with Crippen LogP contribution in [0.5, 0.6) is 0 Å². The molecule has 1 heterocycles. The number of benzene rings is 1. The Bertz CT molecular complexity index is 628. The molecule has 0 aromatic heterocycles. The molecule has 3 unspecified atom stereocenters. The lowest BCUT2D eigenvalue weighted by molar-refractivity contribution is -0.168. The lowest BCUT2D eigenvalue weighted by atomic mass is 9.51. The fraction of sp³-hybridized carbons (Fsp3) is 0.667. The van der Waals surface area contributed by atoms with E-state index in [1.807, 2.05) is 7.05 Å². The van der Waals surface area contributed by atoms with Gasteiger partial charge in [0.1, 0.15) is 0 Å². The van der Waals surface area contributed by atoms with Crippen molar-refractivity contribution in [2.75, 3.05) is 31.6 Å². The molecule has 3 fully saturated rings. The van der Waals surface area contributed by atoms with Crippen LogP contribution in [0.15, 0.2) is 35.3 Å². The molecule has 1 spiro atoms. The van der Waals surface area contributed by atoms with Crippen LogP contribution in [0.1, 0.15) is 39.0 Å². The molecule has 2 saturated carbocycles. The number of para-hydroxylation sites is 1. The van der Waals surface area contributed by atoms with Crippen molar-refractivity contribution in [3.05, 3.63) is 30.3 Å². The Labute approximate surface area is 157 Å². The van der Waals surface area contributed by atoms with Gasteiger partial charge in [0.05, 0.1) is 6.10 Å². The molecule has 1 aliphatic heterocycles. The van der Waals surface area contributed by atoms with E-state index in [1.165, 1.54) is 24.9 Å². The third-order valence-electron chi connectivity index (χ3n) is 6.62. The molecule has 1 aromatic rings. The third-order valence-corrected chi connectivity index (χ3v) is 6.62. The van der Waals surface area contributed by atoms with Gasteiger partial charge in [0.2, 0.25) is 0 Å². The van der Waals surface area contributed by atoms with Crippen molar-refractivity contribution < 1.29 is 4.74 Å². The molecule has 2 aliphatic carbocycles. The summed E-state index contributed by atoms with van der Waals surface area (Å²) in [5.41, 5.74) is 1.67. The zero-order valence-electron chi connectivity index (χ0n) is 16.1. The second kappa shape index (κ2) is 7.47. The van der Waals surface area contributed by atoms with Gasteiger partial charge in [0, 0.05) is 49.9 Å². The number of ether oxygens (including phenoxy) is 1. The third kappa shape index (κ3) is 3.18. The Morgan fingerprint density at radius 1 is 1.27 bits per heavy atom. The van der Waals surface area contributed by atoms with Crippen LogP contribution >= 0.6 is 0 Å². The van der Waals surface area contributed by atoms with Crippen LogP contribution < -0.4 is 15.5 Å². The van der Waals surface area contributed by atoms with E-state index in [9.17, 15) is 0 Å². The van der Waals surface area contributed by atoms with E-state index in [1.54, 1.807) is 0 Å². The van der Waals surface area contributed by atoms with E-state index in [4.69, 9.17) is 4.74 Å². The van der Waals surface area contributed by atoms with Crippen LogP contribution in [0.4, 0.5) is 5.69 Å². The summed E-state index contributed by atoms with van der Waals surface area (Å²) in [6, 6.07) is 11.6. The zero-order chi connectivity index (χ0) is 18.0. The van der Waals surface area contributed by atoms with Gasteiger partial charge in [-0.2, -0.15) is 0 Å². The largest absolute Gasteiger partial charge is 0.378 e. The molecule has 26 heavy (non-hydrogen) atoms. The average molecular weight is 357 g/mol. The molecule has 2 N–H and O–H groups in total. The number of rotatable bonds is 5. The Morgan fingerprint density at radius 3 is 2.73 bits per heavy atom. The molecule has 4 rings (SSSR count). The minimum absolute atomic E-state index is 0.360. The van der Waals surface area contributed by atoms with Crippen molar-refractivity contribution in [2.45, 2.75) is 57.2 Å². The van der Waals surface area contributed by atoms with Gasteiger partial charge in [-0.25, -0.2) is 0 Å². The number of hydrogen-bond donors (Lipinski definition) is 2. The molecule has 5 heteroatoms. The van der Waals surface area contributed by atoms with Gasteiger partial charge in [-0.3, -0.25) is 4.99 Å². The Hall–Kier alpha value is -1.75. The summed E-state index contributed by atoms with van der Waals surface area (Å²) in [5, 5.41) is 7.36. The molecule has 5 nitrogen and oxygen atoms in total. The summed E-state index contributed by atoms with van der Waals surface area (Å²) in [6.07, 6.45) is 6.61. The molecule has 1 saturated heterocycles. The topological polar surface area (TPSA) is 48.9 Å². The van der Waals surface area contributed by atoms with E-state index in [-0.39, 0.29) is 0 Å². The summed E-state index contributed by atoms with van der Waals surface area (Å²) >= 11 is 0. The maximum Gasteiger partial charge on any atom is 0.191 e. The molecule has 0 radical (unpaired) electrons. The van der Waals surface area contributed by atoms with Crippen LogP contribution in [-0.2, 0) is 4.74 Å². The van der Waals surface area contributed by atoms with E-state index < -0.39 is 0 Å². The number of nitrogens with one attached hydrogen (secondary N) is 2. The van der Waals surface area contributed by atoms with E-state index in [0.717, 1.165) is 38.5 Å². The molecular weight excluding hydrogens is 324 g/mol. The molecule has 0 bridgehead atoms. The molecule has 3 atom stereocenters. The highest BCUT2D eigenvalue weighted by atomic mass is 16.5. The fourth-order valence-electron chi connectivity index (χ4n) is 4.92. The number of anilines is 1. The van der Waals surface area contributed by atoms with Crippen molar-refractivity contribution in [3.63, 3.8) is 0 Å². The van der Waals surface area contributed by atoms with Crippen molar-refractivity contribution >= 4 is 11.6 Å². The number of guanidine groups is 1. The molecule has 3 aliphatic rings. The minimum Gasteiger partial charge on any atom is -0.378 e. The van der Waals surface area contributed by atoms with Crippen molar-refractivity contribution in [3.8, 4) is 0 Å². The summed E-state index contributed by atoms with van der Waals surface area (Å²) in [7, 11) is 1.88. The lowest BCUT2D eigenvalue weighted by Gasteiger charge is -2.61. The molecule has 0 amide bonds. The van der Waals surface area contributed by atoms with Gasteiger partial charge in [-0.15, -0.1) is 0 Å². The Morgan fingerprint density at radius 2 is 2.08 bits per heavy atom. The first-order chi connectivity index (χ1) is 12.7. The van der Waals surface area contributed by atoms with Crippen molar-refractivity contribution in [1.82, 2.24) is 10.6 Å². The van der Waals surface area contributed by atoms with Crippen LogP contribution in [-0.4, -0.2) is 50.9 Å². The summed E-state index contributed by atoms with van der Waals surface area (Å²) in [5.74, 6) is 0.955. The first-order valence-electron chi connectivity index (χ1n) is 10.2. The lowest BCUT2D eigenvalue weighted by Crippen LogP contribution is -2.69. The average Bonchev–Trinajstić information content (AvgIpc) is 3.07. The minimum atomic E-state index is 0.360. The van der Waals surface area contributed by atoms with Crippen molar-refractivity contribution in [1.29, 1.82) is 0 Å². The van der Waals surface area contributed by atoms with Gasteiger partial charge >= 0.3 is 0 Å². The molecular formula is C21H32N4O. The van der Waals surface area contributed by atoms with Gasteiger partial charge < -0.3 is 20.3 Å². The highest BCUT2D eigenvalue weighted by Crippen LogP contribution is 2.57. The molecule has 1 aromatic carbocycles. The van der Waals surface area contributed by atoms with Gasteiger partial charge in [0.25, 0.3) is 0 Å². The van der Waals surface area contributed by atoms with Crippen LogP contribution in [0.2, 0.25) is 0 Å². The maximum atomic E-state index is 5.97. The van der Waals surface area contributed by atoms with Crippen LogP contribution in [0, 0.1) is 5.41 Å². The van der Waals surface area contributed by atoms with Gasteiger partial charge in [-0.1, -0.05) is 24.6 Å². The first kappa shape index (κ1) is 17.7. The first-order valence-corrected chi connectivity index (χ1v) is 10.2. The number of aliphatic imine (C=N–C) groups is 1. The molecule has 142 valence electrons. The van der Waals surface area contributed by atoms with E-state index in [0.29, 0.717) is 23.6 Å². The monoisotopic (exact) mass is 356 g/mol. The van der Waals surface area contributed by atoms with E-state index >= 15 is 0 Å². The van der Waals surface area contributed by atoms with Crippen LogP contribution in [0.25, 0.3) is 0 Å². The number of nitrogens with zero attached hydrogens (tertiary/aromatic N) is 2. The van der Waals surface area contributed by atoms with E-state index in [2.05, 4.69) is 57.8 Å². The zero-order valence-corrected chi connectivity index (χ0v) is 16.1. The summed E-state index contributed by atoms with van der Waals surface area (Å²) in [4.78, 5) is 6.95. The Balaban J connectivity index is 1.31. The second-order valence-corrected chi connectivity index (χ2v) is 7.95. The van der Waals surface area contributed by atoms with Gasteiger partial charge in [-0.05, 0) is 44.7 Å². The predicted molar refractivity (Wildman–Crippen MR) is 107 cm³/mol. The second-order valence-electron chi connectivity index (χ2n) is 7.95. The smallest absolute Gasteiger partial charge is 0.191 e. The normalized spacial score (nSPS) is 30.0. The van der Waals surface area contributed by atoms with Gasteiger partial charge in [0.15, 0.2) is 5.96 Å². The predicted octanol–water partition coefficient (Wildman–Crippen LogP) is 2.78. The summed E-state index contributed by atoms with van der Waals surface area (Å²) in [6.45, 7) is 5.05. The van der Waals surface area contributed by atoms with Crippen LogP contribution in [0.3, 0.4) is 0 Å². The highest BCUT2D eigenvalue weighted by molar-refractivity contribution is 5.80. The SMILES string of the molecule is CCOC1CC(NC(=NC)NC2CCN(c3ccccc3)C2)C12CCC2. The maximum absolute atomic E-state index is 5.97. The summed E-state index contributed by atoms with van der Waals surface area (Å²) < 4.78 is 5.97. The number of hydrogen-bond acceptors (Lipinski definition) is 3. The fourth-order valence-corrected chi connectivity index (χ4v) is 4.92. The Kier molecular flexibility index (Phi) is 5.07. The highest BCUT2D eigenvalue weighted by Gasteiger charge is 2.59. The quantitative estimate of drug-likeness (QED) is 0.629. The van der Waals surface area contributed by atoms with Crippen molar-refractivity contribution in [2.24, 2.45) is 10.4 Å². The standard InChI is InChI=1S/C21H32N4O/c1-3-26-19-14-18(21(19)11-7-12-21)24-20(22-2)23-16-10-13-25(15-16)17-8-5-4-6-9-17/h4-6,8-9,16,18-19H,3,7,10-15H2,1-2H3,(H2,22,23,24).